The zero-order valence-electron chi connectivity index (χ0n) is 15.3. The predicted molar refractivity (Wildman–Crippen MR) is 102 cm³/mol. The smallest absolute Gasteiger partial charge is 0.302 e. The van der Waals surface area contributed by atoms with Crippen molar-refractivity contribution in [2.24, 2.45) is 0 Å². The number of hydrogen-bond donors (Lipinski definition) is 0. The van der Waals surface area contributed by atoms with Gasteiger partial charge in [0.15, 0.2) is 9.84 Å². The van der Waals surface area contributed by atoms with Crippen molar-refractivity contribution in [1.29, 1.82) is 0 Å². The molecular weight excluding hydrogens is 344 g/mol. The minimum absolute atomic E-state index is 0.0116. The van der Waals surface area contributed by atoms with Crippen LogP contribution in [0.1, 0.15) is 78.1 Å². The molecule has 142 valence electrons. The fourth-order valence-electron chi connectivity index (χ4n) is 3.09. The van der Waals surface area contributed by atoms with E-state index < -0.39 is 15.9 Å². The fraction of sp³-hybridized carbons (Fsp3) is 0.944. The van der Waals surface area contributed by atoms with Gasteiger partial charge in [0.25, 0.3) is 0 Å². The Morgan fingerprint density at radius 1 is 0.958 bits per heavy atom. The molecule has 0 spiro atoms. The Labute approximate surface area is 152 Å². The molecule has 0 saturated carbocycles. The number of sulfone groups is 1. The Morgan fingerprint density at radius 2 is 1.50 bits per heavy atom. The van der Waals surface area contributed by atoms with Crippen LogP contribution >= 0.6 is 11.8 Å². The van der Waals surface area contributed by atoms with Crippen LogP contribution < -0.4 is 0 Å². The van der Waals surface area contributed by atoms with Crippen LogP contribution in [0.5, 0.6) is 0 Å². The summed E-state index contributed by atoms with van der Waals surface area (Å²) >= 11 is 1.66. The molecule has 2 atom stereocenters. The van der Waals surface area contributed by atoms with E-state index in [0.717, 1.165) is 12.2 Å². The molecular formula is C18H34O4S2. The second kappa shape index (κ2) is 12.2. The lowest BCUT2D eigenvalue weighted by Gasteiger charge is -2.17. The van der Waals surface area contributed by atoms with Crippen LogP contribution in [0.4, 0.5) is 0 Å². The maximum atomic E-state index is 11.7. The molecule has 0 aliphatic carbocycles. The molecule has 0 aromatic carbocycles. The Hall–Kier alpha value is -0.230. The molecule has 4 nitrogen and oxygen atoms in total. The number of rotatable bonds is 13. The first kappa shape index (κ1) is 21.8. The summed E-state index contributed by atoms with van der Waals surface area (Å²) in [5.74, 6) is 0.700. The van der Waals surface area contributed by atoms with E-state index in [1.54, 1.807) is 11.8 Å². The highest BCUT2D eigenvalue weighted by atomic mass is 32.2. The molecule has 6 heteroatoms. The van der Waals surface area contributed by atoms with Gasteiger partial charge in [0.1, 0.15) is 6.10 Å². The molecule has 1 aliphatic rings. The van der Waals surface area contributed by atoms with Gasteiger partial charge in [-0.25, -0.2) is 8.42 Å². The molecule has 24 heavy (non-hydrogen) atoms. The zero-order valence-corrected chi connectivity index (χ0v) is 16.9. The van der Waals surface area contributed by atoms with Crippen LogP contribution in [0.3, 0.4) is 0 Å². The van der Waals surface area contributed by atoms with Crippen LogP contribution in [0.25, 0.3) is 0 Å². The lowest BCUT2D eigenvalue weighted by Crippen LogP contribution is -2.27. The van der Waals surface area contributed by atoms with Gasteiger partial charge in [-0.15, -0.1) is 0 Å². The molecule has 0 N–H and O–H groups in total. The van der Waals surface area contributed by atoms with Gasteiger partial charge < -0.3 is 4.74 Å². The molecule has 0 aromatic rings. The Morgan fingerprint density at radius 3 is 2.04 bits per heavy atom. The molecule has 0 bridgehead atoms. The van der Waals surface area contributed by atoms with Crippen molar-refractivity contribution in [3.8, 4) is 0 Å². The van der Waals surface area contributed by atoms with Gasteiger partial charge in [-0.1, -0.05) is 64.7 Å². The molecule has 0 unspecified atom stereocenters. The number of ether oxygens (including phenoxy) is 1. The van der Waals surface area contributed by atoms with Crippen molar-refractivity contribution in [2.45, 2.75) is 89.4 Å². The number of unbranched alkanes of at least 4 members (excludes halogenated alkanes) is 9. The van der Waals surface area contributed by atoms with E-state index in [9.17, 15) is 13.2 Å². The molecule has 1 aliphatic heterocycles. The Balaban J connectivity index is 2.04. The van der Waals surface area contributed by atoms with Crippen molar-refractivity contribution in [3.05, 3.63) is 0 Å². The van der Waals surface area contributed by atoms with Crippen LogP contribution in [0.2, 0.25) is 0 Å². The maximum Gasteiger partial charge on any atom is 0.302 e. The minimum Gasteiger partial charge on any atom is -0.460 e. The standard InChI is InChI=1S/C18H34O4S2/c1-3-4-5-6-7-8-9-10-11-12-13-23-18-15-24(20,21)14-17(18)22-16(2)19/h17-18H,3-15H2,1-2H3/t17-,18+/m0/s1. The second-order valence-corrected chi connectivity index (χ2v) is 10.3. The van der Waals surface area contributed by atoms with E-state index in [4.69, 9.17) is 4.74 Å². The van der Waals surface area contributed by atoms with E-state index in [-0.39, 0.29) is 22.7 Å². The van der Waals surface area contributed by atoms with Gasteiger partial charge >= 0.3 is 5.97 Å². The van der Waals surface area contributed by atoms with Gasteiger partial charge in [0.05, 0.1) is 16.8 Å². The average molecular weight is 379 g/mol. The summed E-state index contributed by atoms with van der Waals surface area (Å²) in [5.41, 5.74) is 0. The monoisotopic (exact) mass is 378 g/mol. The normalized spacial score (nSPS) is 22.6. The lowest BCUT2D eigenvalue weighted by atomic mass is 10.1. The van der Waals surface area contributed by atoms with E-state index >= 15 is 0 Å². The number of esters is 1. The summed E-state index contributed by atoms with van der Waals surface area (Å²) in [5, 5.41) is -0.0857. The lowest BCUT2D eigenvalue weighted by molar-refractivity contribution is -0.144. The highest BCUT2D eigenvalue weighted by Gasteiger charge is 2.39. The second-order valence-electron chi connectivity index (χ2n) is 6.82. The number of carbonyl (C=O) groups excluding carboxylic acids is 1. The van der Waals surface area contributed by atoms with Gasteiger partial charge in [0, 0.05) is 6.92 Å². The van der Waals surface area contributed by atoms with Crippen LogP contribution in [-0.4, -0.2) is 43.0 Å². The molecule has 1 heterocycles. The van der Waals surface area contributed by atoms with Crippen molar-refractivity contribution in [1.82, 2.24) is 0 Å². The third-order valence-electron chi connectivity index (χ3n) is 4.40. The Bertz CT molecular complexity index is 448. The number of carbonyl (C=O) groups is 1. The van der Waals surface area contributed by atoms with E-state index in [2.05, 4.69) is 6.92 Å². The SMILES string of the molecule is CCCCCCCCCCCCS[C@@H]1CS(=O)(=O)C[C@@H]1OC(C)=O. The molecule has 0 aromatic heterocycles. The maximum absolute atomic E-state index is 11.7. The van der Waals surface area contributed by atoms with Crippen LogP contribution in [0.15, 0.2) is 0 Å². The van der Waals surface area contributed by atoms with Gasteiger partial charge in [-0.3, -0.25) is 4.79 Å². The molecule has 1 rings (SSSR count). The third-order valence-corrected chi connectivity index (χ3v) is 7.74. The van der Waals surface area contributed by atoms with Crippen LogP contribution in [0, 0.1) is 0 Å². The minimum atomic E-state index is -3.05. The summed E-state index contributed by atoms with van der Waals surface area (Å²) in [6.45, 7) is 3.59. The summed E-state index contributed by atoms with van der Waals surface area (Å²) in [7, 11) is -3.05. The summed E-state index contributed by atoms with van der Waals surface area (Å²) < 4.78 is 28.6. The fourth-order valence-corrected chi connectivity index (χ4v) is 6.91. The summed E-state index contributed by atoms with van der Waals surface area (Å²) in [6, 6.07) is 0. The molecule has 0 amide bonds. The van der Waals surface area contributed by atoms with Crippen molar-refractivity contribution < 1.29 is 17.9 Å². The summed E-state index contributed by atoms with van der Waals surface area (Å²) in [6.07, 6.45) is 12.6. The van der Waals surface area contributed by atoms with E-state index in [0.29, 0.717) is 0 Å². The average Bonchev–Trinajstić information content (AvgIpc) is 2.78. The van der Waals surface area contributed by atoms with Gasteiger partial charge in [0.2, 0.25) is 0 Å². The molecule has 1 fully saturated rings. The van der Waals surface area contributed by atoms with Gasteiger partial charge in [-0.2, -0.15) is 11.8 Å². The number of thioether (sulfide) groups is 1. The van der Waals surface area contributed by atoms with Crippen molar-refractivity contribution >= 4 is 27.6 Å². The first-order valence-corrected chi connectivity index (χ1v) is 12.3. The number of hydrogen-bond acceptors (Lipinski definition) is 5. The highest BCUT2D eigenvalue weighted by Crippen LogP contribution is 2.28. The third kappa shape index (κ3) is 9.92. The van der Waals surface area contributed by atoms with Crippen molar-refractivity contribution in [2.75, 3.05) is 17.3 Å². The van der Waals surface area contributed by atoms with E-state index in [1.807, 2.05) is 0 Å². The molecule has 0 radical (unpaired) electrons. The Kier molecular flexibility index (Phi) is 11.1. The highest BCUT2D eigenvalue weighted by molar-refractivity contribution is 8.01. The zero-order chi connectivity index (χ0) is 17.8. The first-order valence-electron chi connectivity index (χ1n) is 9.44. The quantitative estimate of drug-likeness (QED) is 0.352. The molecule has 1 saturated heterocycles. The van der Waals surface area contributed by atoms with E-state index in [1.165, 1.54) is 64.7 Å². The topological polar surface area (TPSA) is 60.4 Å². The van der Waals surface area contributed by atoms with Crippen molar-refractivity contribution in [3.63, 3.8) is 0 Å². The van der Waals surface area contributed by atoms with Gasteiger partial charge in [-0.05, 0) is 12.2 Å². The predicted octanol–water partition coefficient (Wildman–Crippen LogP) is 4.37. The largest absolute Gasteiger partial charge is 0.460 e. The first-order chi connectivity index (χ1) is 11.4. The summed E-state index contributed by atoms with van der Waals surface area (Å²) in [4.78, 5) is 11.1. The van der Waals surface area contributed by atoms with Crippen LogP contribution in [-0.2, 0) is 19.4 Å².